The summed E-state index contributed by atoms with van der Waals surface area (Å²) in [4.78, 5) is 26.7. The van der Waals surface area contributed by atoms with Gasteiger partial charge in [0.25, 0.3) is 5.91 Å². The SMILES string of the molecule is C[C@@]1(C(=O)NCc2ccc(F)cc2)CCCN(C(=O)c2c(F)cccc2F)C1. The van der Waals surface area contributed by atoms with E-state index in [1.165, 1.54) is 23.1 Å². The minimum Gasteiger partial charge on any atom is -0.351 e. The fraction of sp³-hybridized carbons (Fsp3) is 0.333. The van der Waals surface area contributed by atoms with Crippen LogP contribution in [0.3, 0.4) is 0 Å². The van der Waals surface area contributed by atoms with E-state index in [9.17, 15) is 22.8 Å². The molecule has 3 rings (SSSR count). The number of halogens is 3. The molecule has 2 aromatic rings. The van der Waals surface area contributed by atoms with E-state index in [0.29, 0.717) is 19.4 Å². The van der Waals surface area contributed by atoms with E-state index in [1.807, 2.05) is 0 Å². The first-order valence-electron chi connectivity index (χ1n) is 9.06. The van der Waals surface area contributed by atoms with Crippen LogP contribution in [-0.2, 0) is 11.3 Å². The first-order chi connectivity index (χ1) is 13.3. The van der Waals surface area contributed by atoms with Gasteiger partial charge in [-0.1, -0.05) is 18.2 Å². The van der Waals surface area contributed by atoms with Crippen molar-refractivity contribution in [3.05, 3.63) is 71.0 Å². The molecule has 0 aliphatic carbocycles. The third-order valence-electron chi connectivity index (χ3n) is 5.07. The number of benzene rings is 2. The van der Waals surface area contributed by atoms with E-state index in [-0.39, 0.29) is 24.8 Å². The Hall–Kier alpha value is -2.83. The molecule has 1 heterocycles. The van der Waals surface area contributed by atoms with Crippen molar-refractivity contribution in [2.75, 3.05) is 13.1 Å². The number of amides is 2. The fourth-order valence-corrected chi connectivity index (χ4v) is 3.46. The smallest absolute Gasteiger partial charge is 0.259 e. The van der Waals surface area contributed by atoms with E-state index < -0.39 is 28.5 Å². The van der Waals surface area contributed by atoms with Crippen LogP contribution in [0.25, 0.3) is 0 Å². The maximum Gasteiger partial charge on any atom is 0.259 e. The molecule has 1 atom stereocenters. The summed E-state index contributed by atoms with van der Waals surface area (Å²) in [7, 11) is 0. The van der Waals surface area contributed by atoms with E-state index in [1.54, 1.807) is 19.1 Å². The van der Waals surface area contributed by atoms with Crippen LogP contribution >= 0.6 is 0 Å². The molecule has 1 saturated heterocycles. The molecule has 1 aliphatic heterocycles. The van der Waals surface area contributed by atoms with Gasteiger partial charge in [-0.25, -0.2) is 13.2 Å². The lowest BCUT2D eigenvalue weighted by molar-refractivity contribution is -0.132. The van der Waals surface area contributed by atoms with Crippen molar-refractivity contribution < 1.29 is 22.8 Å². The monoisotopic (exact) mass is 390 g/mol. The van der Waals surface area contributed by atoms with Gasteiger partial charge in [0.15, 0.2) is 0 Å². The standard InChI is InChI=1S/C21H21F3N2O2/c1-21(20(28)25-12-14-6-8-15(22)9-7-14)10-3-11-26(13-21)19(27)18-16(23)4-2-5-17(18)24/h2,4-9H,3,10-13H2,1H3,(H,25,28)/t21-/m1/s1. The van der Waals surface area contributed by atoms with Gasteiger partial charge in [0.1, 0.15) is 23.0 Å². The predicted molar refractivity (Wildman–Crippen MR) is 97.8 cm³/mol. The quantitative estimate of drug-likeness (QED) is 0.866. The summed E-state index contributed by atoms with van der Waals surface area (Å²) >= 11 is 0. The molecular formula is C21H21F3N2O2. The lowest BCUT2D eigenvalue weighted by atomic mass is 9.80. The number of hydrogen-bond acceptors (Lipinski definition) is 2. The summed E-state index contributed by atoms with van der Waals surface area (Å²) in [6.45, 7) is 2.34. The first kappa shape index (κ1) is 19.9. The summed E-state index contributed by atoms with van der Waals surface area (Å²) in [6.07, 6.45) is 1.09. The fourth-order valence-electron chi connectivity index (χ4n) is 3.46. The molecule has 7 heteroatoms. The number of rotatable bonds is 4. The van der Waals surface area contributed by atoms with Gasteiger partial charge in [0, 0.05) is 19.6 Å². The molecule has 1 N–H and O–H groups in total. The maximum absolute atomic E-state index is 14.0. The van der Waals surface area contributed by atoms with Crippen molar-refractivity contribution in [1.82, 2.24) is 10.2 Å². The van der Waals surface area contributed by atoms with Crippen LogP contribution in [0.5, 0.6) is 0 Å². The zero-order chi connectivity index (χ0) is 20.3. The molecule has 0 unspecified atom stereocenters. The van der Waals surface area contributed by atoms with Crippen molar-refractivity contribution in [1.29, 1.82) is 0 Å². The molecule has 0 spiro atoms. The molecule has 0 aromatic heterocycles. The molecule has 4 nitrogen and oxygen atoms in total. The highest BCUT2D eigenvalue weighted by Crippen LogP contribution is 2.31. The zero-order valence-corrected chi connectivity index (χ0v) is 15.5. The Balaban J connectivity index is 1.69. The van der Waals surface area contributed by atoms with E-state index in [0.717, 1.165) is 17.7 Å². The predicted octanol–water partition coefficient (Wildman–Crippen LogP) is 3.66. The third kappa shape index (κ3) is 4.18. The molecule has 0 radical (unpaired) electrons. The summed E-state index contributed by atoms with van der Waals surface area (Å²) in [5, 5.41) is 2.80. The number of nitrogens with zero attached hydrogens (tertiary/aromatic N) is 1. The summed E-state index contributed by atoms with van der Waals surface area (Å²) < 4.78 is 40.9. The molecule has 2 amide bonds. The Bertz CT molecular complexity index is 865. The van der Waals surface area contributed by atoms with E-state index >= 15 is 0 Å². The first-order valence-corrected chi connectivity index (χ1v) is 9.06. The van der Waals surface area contributed by atoms with Crippen LogP contribution in [0.15, 0.2) is 42.5 Å². The Morgan fingerprint density at radius 3 is 2.36 bits per heavy atom. The number of nitrogens with one attached hydrogen (secondary N) is 1. The summed E-state index contributed by atoms with van der Waals surface area (Å²) in [6, 6.07) is 9.06. The van der Waals surface area contributed by atoms with Crippen LogP contribution < -0.4 is 5.32 Å². The van der Waals surface area contributed by atoms with Gasteiger partial charge in [-0.15, -0.1) is 0 Å². The number of hydrogen-bond donors (Lipinski definition) is 1. The van der Waals surface area contributed by atoms with Gasteiger partial charge in [-0.2, -0.15) is 0 Å². The number of carbonyl (C=O) groups excluding carboxylic acids is 2. The number of likely N-dealkylation sites (tertiary alicyclic amines) is 1. The molecule has 148 valence electrons. The molecule has 0 bridgehead atoms. The van der Waals surface area contributed by atoms with E-state index in [2.05, 4.69) is 5.32 Å². The Kier molecular flexibility index (Phi) is 5.72. The molecule has 28 heavy (non-hydrogen) atoms. The summed E-state index contributed by atoms with van der Waals surface area (Å²) in [5.41, 5.74) is -0.732. The lowest BCUT2D eigenvalue weighted by Gasteiger charge is -2.39. The zero-order valence-electron chi connectivity index (χ0n) is 15.5. The van der Waals surface area contributed by atoms with Crippen LogP contribution in [0.1, 0.15) is 35.7 Å². The Morgan fingerprint density at radius 1 is 1.07 bits per heavy atom. The molecule has 0 saturated carbocycles. The third-order valence-corrected chi connectivity index (χ3v) is 5.07. The second-order valence-corrected chi connectivity index (χ2v) is 7.30. The summed E-state index contributed by atoms with van der Waals surface area (Å²) in [5.74, 6) is -3.21. The second-order valence-electron chi connectivity index (χ2n) is 7.30. The van der Waals surface area contributed by atoms with Crippen molar-refractivity contribution in [3.8, 4) is 0 Å². The van der Waals surface area contributed by atoms with Gasteiger partial charge < -0.3 is 10.2 Å². The van der Waals surface area contributed by atoms with Crippen molar-refractivity contribution in [2.24, 2.45) is 5.41 Å². The molecule has 1 aliphatic rings. The highest BCUT2D eigenvalue weighted by molar-refractivity contribution is 5.95. The maximum atomic E-state index is 14.0. The minimum atomic E-state index is -0.918. The topological polar surface area (TPSA) is 49.4 Å². The normalized spacial score (nSPS) is 19.4. The van der Waals surface area contributed by atoms with Crippen molar-refractivity contribution in [2.45, 2.75) is 26.3 Å². The van der Waals surface area contributed by atoms with Gasteiger partial charge >= 0.3 is 0 Å². The van der Waals surface area contributed by atoms with Crippen LogP contribution in [0.2, 0.25) is 0 Å². The van der Waals surface area contributed by atoms with E-state index in [4.69, 9.17) is 0 Å². The van der Waals surface area contributed by atoms with Crippen molar-refractivity contribution in [3.63, 3.8) is 0 Å². The Morgan fingerprint density at radius 2 is 1.71 bits per heavy atom. The second kappa shape index (κ2) is 8.04. The van der Waals surface area contributed by atoms with Gasteiger partial charge in [0.2, 0.25) is 5.91 Å². The highest BCUT2D eigenvalue weighted by atomic mass is 19.1. The number of carbonyl (C=O) groups is 2. The highest BCUT2D eigenvalue weighted by Gasteiger charge is 2.40. The van der Waals surface area contributed by atoms with Crippen LogP contribution in [0.4, 0.5) is 13.2 Å². The molecular weight excluding hydrogens is 369 g/mol. The van der Waals surface area contributed by atoms with Gasteiger partial charge in [-0.3, -0.25) is 9.59 Å². The van der Waals surface area contributed by atoms with Crippen LogP contribution in [0, 0.1) is 22.9 Å². The Labute approximate surface area is 161 Å². The minimum absolute atomic E-state index is 0.0643. The van der Waals surface area contributed by atoms with Crippen LogP contribution in [-0.4, -0.2) is 29.8 Å². The number of piperidine rings is 1. The average Bonchev–Trinajstić information content (AvgIpc) is 2.67. The largest absolute Gasteiger partial charge is 0.351 e. The van der Waals surface area contributed by atoms with Gasteiger partial charge in [-0.05, 0) is 49.6 Å². The van der Waals surface area contributed by atoms with Crippen molar-refractivity contribution >= 4 is 11.8 Å². The average molecular weight is 390 g/mol. The van der Waals surface area contributed by atoms with Gasteiger partial charge in [0.05, 0.1) is 5.41 Å². The molecule has 2 aromatic carbocycles. The molecule has 1 fully saturated rings. The lowest BCUT2D eigenvalue weighted by Crippen LogP contribution is -2.52.